The minimum absolute atomic E-state index is 0.267. The number of carbonyl (C=O) groups excluding carboxylic acids is 1. The van der Waals surface area contributed by atoms with Crippen LogP contribution in [0.15, 0.2) is 60.7 Å². The first-order chi connectivity index (χ1) is 14.0. The summed E-state index contributed by atoms with van der Waals surface area (Å²) in [5.41, 5.74) is 4.37. The Kier molecular flexibility index (Phi) is 0.708. The molecule has 0 amide bonds. The van der Waals surface area contributed by atoms with E-state index in [1.807, 2.05) is 6.08 Å². The van der Waals surface area contributed by atoms with Crippen molar-refractivity contribution in [2.45, 2.75) is 60.5 Å². The van der Waals surface area contributed by atoms with Gasteiger partial charge in [-0.3, -0.25) is 0 Å². The molecule has 10 heterocycles. The van der Waals surface area contributed by atoms with Crippen molar-refractivity contribution in [2.24, 2.45) is 0 Å². The molecular formula is C27H24FeO. The molecule has 2 aromatic rings. The van der Waals surface area contributed by atoms with Gasteiger partial charge in [0.05, 0.1) is 0 Å². The van der Waals surface area contributed by atoms with Gasteiger partial charge >= 0.3 is 161 Å². The molecule has 10 saturated heterocycles. The number of allylic oxidation sites excluding steroid dienone is 1. The van der Waals surface area contributed by atoms with Crippen molar-refractivity contribution in [3.63, 3.8) is 0 Å². The van der Waals surface area contributed by atoms with Crippen LogP contribution in [-0.4, -0.2) is 5.78 Å². The first kappa shape index (κ1) is 12.9. The van der Waals surface area contributed by atoms with Crippen LogP contribution in [0, 0.1) is 0 Å². The van der Waals surface area contributed by atoms with Crippen LogP contribution in [0.2, 0.25) is 42.8 Å². The van der Waals surface area contributed by atoms with E-state index in [1.54, 1.807) is 5.56 Å². The summed E-state index contributed by atoms with van der Waals surface area (Å²) in [6.07, 6.45) is 5.30. The molecule has 0 saturated carbocycles. The predicted octanol–water partition coefficient (Wildman–Crippen LogP) is 6.70. The molecule has 10 aliphatic rings. The molecule has 8 atom stereocenters. The van der Waals surface area contributed by atoms with Gasteiger partial charge in [0, 0.05) is 0 Å². The molecule has 1 nitrogen and oxygen atoms in total. The van der Waals surface area contributed by atoms with Gasteiger partial charge in [0.25, 0.3) is 0 Å². The molecule has 2 aromatic carbocycles. The average Bonchev–Trinajstić information content (AvgIpc) is 3.71. The Hall–Kier alpha value is -1.63. The SMILES string of the molecule is CCc1ccc([C]23[CH]4[CH]5[CH]6[CH]2[Fe]56432789[CH]3[CH]2[CH]7[C]8(C(=O)C=Cc2ccccc2)[CH]39)cc1. The molecule has 2 heteroatoms. The van der Waals surface area contributed by atoms with Crippen molar-refractivity contribution >= 4 is 11.9 Å². The van der Waals surface area contributed by atoms with Crippen LogP contribution in [0.3, 0.4) is 0 Å². The normalized spacial score (nSPS) is 77.3. The quantitative estimate of drug-likeness (QED) is 0.389. The molecule has 0 bridgehead atoms. The number of hydrogen-bond donors (Lipinski definition) is 0. The zero-order valence-electron chi connectivity index (χ0n) is 16.4. The van der Waals surface area contributed by atoms with Gasteiger partial charge < -0.3 is 0 Å². The Bertz CT molecular complexity index is 1700. The number of hydrogen-bond acceptors (Lipinski definition) is 1. The number of benzene rings is 2. The van der Waals surface area contributed by atoms with Gasteiger partial charge in [-0.2, -0.15) is 0 Å². The van der Waals surface area contributed by atoms with E-state index < -0.39 is 6.51 Å². The molecule has 29 heavy (non-hydrogen) atoms. The van der Waals surface area contributed by atoms with Gasteiger partial charge in [0.2, 0.25) is 0 Å². The Morgan fingerprint density at radius 3 is 2.07 bits per heavy atom. The van der Waals surface area contributed by atoms with Crippen molar-refractivity contribution in [1.29, 1.82) is 0 Å². The van der Waals surface area contributed by atoms with Crippen LogP contribution in [0.4, 0.5) is 0 Å². The van der Waals surface area contributed by atoms with E-state index in [9.17, 15) is 4.79 Å². The number of fused-ring (bicyclic) bond motifs is 10. The topological polar surface area (TPSA) is 17.1 Å². The third-order valence-electron chi connectivity index (χ3n) is 18.2. The average molecular weight is 420 g/mol. The van der Waals surface area contributed by atoms with Gasteiger partial charge in [0.15, 0.2) is 0 Å². The second-order valence-electron chi connectivity index (χ2n) is 13.9. The summed E-state index contributed by atoms with van der Waals surface area (Å²) < 4.78 is 0.889. The van der Waals surface area contributed by atoms with Crippen LogP contribution < -0.4 is 0 Å². The summed E-state index contributed by atoms with van der Waals surface area (Å²) in [4.78, 5) is 22.7. The predicted molar refractivity (Wildman–Crippen MR) is 111 cm³/mol. The third kappa shape index (κ3) is 0.229. The van der Waals surface area contributed by atoms with Gasteiger partial charge in [-0.15, -0.1) is 0 Å². The Morgan fingerprint density at radius 1 is 0.897 bits per heavy atom. The van der Waals surface area contributed by atoms with Crippen molar-refractivity contribution in [3.05, 3.63) is 77.4 Å². The van der Waals surface area contributed by atoms with Crippen molar-refractivity contribution in [3.8, 4) is 0 Å². The summed E-state index contributed by atoms with van der Waals surface area (Å²) in [6.45, 7) is -1.50. The summed E-state index contributed by atoms with van der Waals surface area (Å²) in [6, 6.07) is 20.3. The van der Waals surface area contributed by atoms with E-state index in [0.29, 0.717) is 10.1 Å². The molecule has 0 N–H and O–H groups in total. The fourth-order valence-corrected chi connectivity index (χ4v) is 95.8. The fraction of sp³-hybridized carbons (Fsp3) is 0.444. The monoisotopic (exact) mass is 420 g/mol. The Morgan fingerprint density at radius 2 is 1.52 bits per heavy atom. The summed E-state index contributed by atoms with van der Waals surface area (Å²) >= 11 is 0. The van der Waals surface area contributed by atoms with Crippen LogP contribution >= 0.6 is 0 Å². The van der Waals surface area contributed by atoms with Crippen molar-refractivity contribution in [1.82, 2.24) is 0 Å². The zero-order chi connectivity index (χ0) is 18.7. The molecule has 0 radical (unpaired) electrons. The second kappa shape index (κ2) is 1.59. The third-order valence-corrected chi connectivity index (χ3v) is 61.0. The Balaban J connectivity index is 1.12. The van der Waals surface area contributed by atoms with E-state index in [0.717, 1.165) is 45.0 Å². The standard InChI is InChI=1S/C14H11O.C13H13.Fe/c15-14(13-8-4-5-9-13)11-10-12-6-2-1-3-7-12;1-2-11-7-9-13(10-8-11)12-5-3-4-6-12;/h1-11H;3-10H,2H2,1H3;. The van der Waals surface area contributed by atoms with E-state index in [2.05, 4.69) is 67.6 Å². The number of ketones is 1. The van der Waals surface area contributed by atoms with Crippen LogP contribution in [-0.2, 0) is 22.0 Å². The Labute approximate surface area is 160 Å². The second-order valence-corrected chi connectivity index (χ2v) is 37.1. The molecule has 0 aromatic heterocycles. The van der Waals surface area contributed by atoms with E-state index in [1.165, 1.54) is 11.1 Å². The molecule has 10 aliphatic heterocycles. The molecule has 0 aliphatic carbocycles. The maximum atomic E-state index is 14.0. The molecule has 8 unspecified atom stereocenters. The van der Waals surface area contributed by atoms with Crippen LogP contribution in [0.5, 0.6) is 0 Å². The fourth-order valence-electron chi connectivity index (χ4n) is 19.9. The van der Waals surface area contributed by atoms with Crippen LogP contribution in [0.25, 0.3) is 6.08 Å². The van der Waals surface area contributed by atoms with Gasteiger partial charge in [-0.1, -0.05) is 0 Å². The van der Waals surface area contributed by atoms with Gasteiger partial charge in [0.1, 0.15) is 0 Å². The summed E-state index contributed by atoms with van der Waals surface area (Å²) in [5, 5.41) is 0. The van der Waals surface area contributed by atoms with Gasteiger partial charge in [-0.05, 0) is 0 Å². The van der Waals surface area contributed by atoms with Crippen LogP contribution in [0.1, 0.15) is 23.6 Å². The first-order valence-corrected chi connectivity index (χ1v) is 17.8. The van der Waals surface area contributed by atoms with E-state index in [4.69, 9.17) is 0 Å². The first-order valence-electron chi connectivity index (χ1n) is 11.5. The van der Waals surface area contributed by atoms with E-state index >= 15 is 0 Å². The zero-order valence-corrected chi connectivity index (χ0v) is 17.5. The number of carbonyl (C=O) groups is 1. The molecule has 12 rings (SSSR count). The minimum atomic E-state index is -3.76. The molecular weight excluding hydrogens is 396 g/mol. The maximum absolute atomic E-state index is 14.0. The summed E-state index contributed by atoms with van der Waals surface area (Å²) in [7, 11) is 0. The molecule has 10 fully saturated rings. The molecule has 146 valence electrons. The van der Waals surface area contributed by atoms with E-state index in [-0.39, 0.29) is 4.31 Å². The van der Waals surface area contributed by atoms with Gasteiger partial charge in [-0.25, -0.2) is 0 Å². The number of aryl methyl sites for hydroxylation is 1. The number of rotatable bonds is 5. The summed E-state index contributed by atoms with van der Waals surface area (Å²) in [5.74, 6) is 0.609. The van der Waals surface area contributed by atoms with Crippen molar-refractivity contribution < 1.29 is 11.3 Å². The van der Waals surface area contributed by atoms with Crippen molar-refractivity contribution in [2.75, 3.05) is 0 Å². The molecule has 1 spiro atoms.